The largest absolute Gasteiger partial charge is 0.493 e. The van der Waals surface area contributed by atoms with Gasteiger partial charge in [-0.1, -0.05) is 35.8 Å². The molecular weight excluding hydrogens is 304 g/mol. The molecule has 0 amide bonds. The molecular formula is C16H23BrO2. The molecule has 3 heteroatoms. The van der Waals surface area contributed by atoms with E-state index in [-0.39, 0.29) is 0 Å². The molecule has 0 heterocycles. The fraction of sp³-hybridized carbons (Fsp3) is 0.625. The van der Waals surface area contributed by atoms with Gasteiger partial charge in [-0.2, -0.15) is 0 Å². The first-order valence-corrected chi connectivity index (χ1v) is 8.14. The van der Waals surface area contributed by atoms with Crippen molar-refractivity contribution >= 4 is 15.9 Å². The van der Waals surface area contributed by atoms with Gasteiger partial charge in [0.25, 0.3) is 0 Å². The molecule has 0 aromatic heterocycles. The zero-order chi connectivity index (χ0) is 13.8. The van der Waals surface area contributed by atoms with Crippen molar-refractivity contribution in [2.24, 2.45) is 11.8 Å². The molecule has 0 saturated heterocycles. The molecule has 1 fully saturated rings. The standard InChI is InChI=1S/C16H23BrO2/c1-11-6-12(2)8-14(7-11)19-15-5-4-13(10-17)9-16(15)18-3/h4-5,9,11-12,14H,6-8,10H2,1-3H3. The van der Waals surface area contributed by atoms with Gasteiger partial charge in [0.05, 0.1) is 13.2 Å². The first kappa shape index (κ1) is 14.7. The minimum Gasteiger partial charge on any atom is -0.493 e. The van der Waals surface area contributed by atoms with Gasteiger partial charge < -0.3 is 9.47 Å². The van der Waals surface area contributed by atoms with Crippen molar-refractivity contribution in [3.63, 3.8) is 0 Å². The third-order valence-corrected chi connectivity index (χ3v) is 4.46. The van der Waals surface area contributed by atoms with Crippen LogP contribution >= 0.6 is 15.9 Å². The fourth-order valence-corrected chi connectivity index (χ4v) is 3.39. The number of alkyl halides is 1. The van der Waals surface area contributed by atoms with Gasteiger partial charge in [0.2, 0.25) is 0 Å². The maximum atomic E-state index is 6.18. The third-order valence-electron chi connectivity index (χ3n) is 3.81. The first-order chi connectivity index (χ1) is 9.12. The Kier molecular flexibility index (Phi) is 5.14. The average Bonchev–Trinajstić information content (AvgIpc) is 2.38. The minimum absolute atomic E-state index is 0.322. The van der Waals surface area contributed by atoms with E-state index in [4.69, 9.17) is 9.47 Å². The number of ether oxygens (including phenoxy) is 2. The molecule has 19 heavy (non-hydrogen) atoms. The molecule has 1 aromatic rings. The molecule has 2 atom stereocenters. The highest BCUT2D eigenvalue weighted by atomic mass is 79.9. The van der Waals surface area contributed by atoms with Gasteiger partial charge >= 0.3 is 0 Å². The molecule has 1 aliphatic rings. The Morgan fingerprint density at radius 1 is 1.11 bits per heavy atom. The molecule has 0 radical (unpaired) electrons. The van der Waals surface area contributed by atoms with Crippen LogP contribution in [0.2, 0.25) is 0 Å². The van der Waals surface area contributed by atoms with E-state index in [1.165, 1.54) is 12.0 Å². The average molecular weight is 327 g/mol. The van der Waals surface area contributed by atoms with E-state index in [0.717, 1.165) is 41.5 Å². The van der Waals surface area contributed by atoms with Crippen molar-refractivity contribution in [2.75, 3.05) is 7.11 Å². The van der Waals surface area contributed by atoms with Crippen LogP contribution in [0, 0.1) is 11.8 Å². The molecule has 0 N–H and O–H groups in total. The van der Waals surface area contributed by atoms with E-state index >= 15 is 0 Å². The number of benzene rings is 1. The maximum absolute atomic E-state index is 6.18. The molecule has 2 nitrogen and oxygen atoms in total. The molecule has 0 bridgehead atoms. The monoisotopic (exact) mass is 326 g/mol. The summed E-state index contributed by atoms with van der Waals surface area (Å²) >= 11 is 3.46. The lowest BCUT2D eigenvalue weighted by molar-refractivity contribution is 0.0979. The fourth-order valence-electron chi connectivity index (χ4n) is 3.04. The predicted molar refractivity (Wildman–Crippen MR) is 82.2 cm³/mol. The molecule has 0 spiro atoms. The molecule has 2 rings (SSSR count). The summed E-state index contributed by atoms with van der Waals surface area (Å²) in [5.41, 5.74) is 1.20. The summed E-state index contributed by atoms with van der Waals surface area (Å²) in [6.45, 7) is 4.63. The van der Waals surface area contributed by atoms with Crippen molar-refractivity contribution < 1.29 is 9.47 Å². The predicted octanol–water partition coefficient (Wildman–Crippen LogP) is 4.79. The van der Waals surface area contributed by atoms with Gasteiger partial charge in [0.15, 0.2) is 11.5 Å². The number of hydrogen-bond donors (Lipinski definition) is 0. The van der Waals surface area contributed by atoms with Crippen LogP contribution in [0.25, 0.3) is 0 Å². The smallest absolute Gasteiger partial charge is 0.161 e. The highest BCUT2D eigenvalue weighted by Gasteiger charge is 2.25. The third kappa shape index (κ3) is 3.88. The molecule has 0 aliphatic heterocycles. The van der Waals surface area contributed by atoms with E-state index in [1.807, 2.05) is 12.1 Å². The van der Waals surface area contributed by atoms with E-state index in [1.54, 1.807) is 7.11 Å². The van der Waals surface area contributed by atoms with Crippen molar-refractivity contribution in [3.05, 3.63) is 23.8 Å². The summed E-state index contributed by atoms with van der Waals surface area (Å²) in [4.78, 5) is 0. The zero-order valence-corrected chi connectivity index (χ0v) is 13.6. The van der Waals surface area contributed by atoms with Crippen LogP contribution in [0.1, 0.15) is 38.7 Å². The van der Waals surface area contributed by atoms with Crippen molar-refractivity contribution in [1.29, 1.82) is 0 Å². The van der Waals surface area contributed by atoms with Gasteiger partial charge in [-0.25, -0.2) is 0 Å². The van der Waals surface area contributed by atoms with E-state index in [2.05, 4.69) is 35.8 Å². The van der Waals surface area contributed by atoms with Crippen molar-refractivity contribution in [1.82, 2.24) is 0 Å². The first-order valence-electron chi connectivity index (χ1n) is 7.02. The summed E-state index contributed by atoms with van der Waals surface area (Å²) in [6.07, 6.45) is 3.93. The van der Waals surface area contributed by atoms with Crippen LogP contribution in [0.5, 0.6) is 11.5 Å². The Hall–Kier alpha value is -0.700. The van der Waals surface area contributed by atoms with E-state index < -0.39 is 0 Å². The second-order valence-corrected chi connectivity index (χ2v) is 6.34. The zero-order valence-electron chi connectivity index (χ0n) is 12.0. The van der Waals surface area contributed by atoms with Crippen LogP contribution in [0.15, 0.2) is 18.2 Å². The SMILES string of the molecule is COc1cc(CBr)ccc1OC1CC(C)CC(C)C1. The van der Waals surface area contributed by atoms with E-state index in [0.29, 0.717) is 6.10 Å². The lowest BCUT2D eigenvalue weighted by Gasteiger charge is -2.32. The molecule has 106 valence electrons. The second kappa shape index (κ2) is 6.65. The Labute approximate surface area is 124 Å². The molecule has 1 aromatic carbocycles. The summed E-state index contributed by atoms with van der Waals surface area (Å²) < 4.78 is 11.6. The second-order valence-electron chi connectivity index (χ2n) is 5.78. The summed E-state index contributed by atoms with van der Waals surface area (Å²) in [5.74, 6) is 3.21. The maximum Gasteiger partial charge on any atom is 0.161 e. The van der Waals surface area contributed by atoms with Gasteiger partial charge in [-0.05, 0) is 48.8 Å². The van der Waals surface area contributed by atoms with Crippen LogP contribution < -0.4 is 9.47 Å². The molecule has 2 unspecified atom stereocenters. The Balaban J connectivity index is 2.09. The van der Waals surface area contributed by atoms with Crippen molar-refractivity contribution in [2.45, 2.75) is 44.5 Å². The van der Waals surface area contributed by atoms with Crippen LogP contribution in [-0.4, -0.2) is 13.2 Å². The molecule has 1 saturated carbocycles. The number of hydrogen-bond acceptors (Lipinski definition) is 2. The van der Waals surface area contributed by atoms with Crippen molar-refractivity contribution in [3.8, 4) is 11.5 Å². The van der Waals surface area contributed by atoms with Gasteiger partial charge in [0, 0.05) is 5.33 Å². The summed E-state index contributed by atoms with van der Waals surface area (Å²) in [6, 6.07) is 6.15. The van der Waals surface area contributed by atoms with Gasteiger partial charge in [0.1, 0.15) is 0 Å². The summed E-state index contributed by atoms with van der Waals surface area (Å²) in [5, 5.41) is 0.834. The van der Waals surface area contributed by atoms with E-state index in [9.17, 15) is 0 Å². The molecule has 1 aliphatic carbocycles. The number of methoxy groups -OCH3 is 1. The quantitative estimate of drug-likeness (QED) is 0.740. The normalized spacial score (nSPS) is 27.1. The lowest BCUT2D eigenvalue weighted by Crippen LogP contribution is -2.28. The lowest BCUT2D eigenvalue weighted by atomic mass is 9.82. The number of rotatable bonds is 4. The van der Waals surface area contributed by atoms with Crippen LogP contribution in [-0.2, 0) is 5.33 Å². The minimum atomic E-state index is 0.322. The topological polar surface area (TPSA) is 18.5 Å². The summed E-state index contributed by atoms with van der Waals surface area (Å²) in [7, 11) is 1.70. The van der Waals surface area contributed by atoms with Gasteiger partial charge in [-0.3, -0.25) is 0 Å². The van der Waals surface area contributed by atoms with Crippen LogP contribution in [0.3, 0.4) is 0 Å². The Bertz CT molecular complexity index is 409. The van der Waals surface area contributed by atoms with Crippen LogP contribution in [0.4, 0.5) is 0 Å². The highest BCUT2D eigenvalue weighted by Crippen LogP contribution is 2.35. The van der Waals surface area contributed by atoms with Gasteiger partial charge in [-0.15, -0.1) is 0 Å². The highest BCUT2D eigenvalue weighted by molar-refractivity contribution is 9.08. The Morgan fingerprint density at radius 2 is 1.79 bits per heavy atom. The number of halogens is 1. The Morgan fingerprint density at radius 3 is 2.37 bits per heavy atom.